The fourth-order valence-electron chi connectivity index (χ4n) is 4.52. The Balaban J connectivity index is 1.49. The molecular formula is C20H26N2O2. The minimum absolute atomic E-state index is 0.150. The van der Waals surface area contributed by atoms with Crippen molar-refractivity contribution in [3.8, 4) is 5.75 Å². The van der Waals surface area contributed by atoms with Crippen LogP contribution in [0.3, 0.4) is 0 Å². The zero-order valence-corrected chi connectivity index (χ0v) is 14.3. The molecule has 0 spiro atoms. The van der Waals surface area contributed by atoms with E-state index in [1.807, 2.05) is 37.4 Å². The number of ether oxygens (including phenoxy) is 1. The number of hydrogen-bond donors (Lipinski definition) is 1. The van der Waals surface area contributed by atoms with Gasteiger partial charge in [0, 0.05) is 29.7 Å². The highest BCUT2D eigenvalue weighted by atomic mass is 16.5. The molecule has 2 aromatic rings. The topological polar surface area (TPSA) is 45.3 Å². The number of H-pyrrole nitrogens is 1. The SMILES string of the molecule is CC(Oc1c[nH]c2ccccc12)C(=O)N1CCCC2CCCCC21. The Hall–Kier alpha value is -1.97. The van der Waals surface area contributed by atoms with Crippen LogP contribution in [0.25, 0.3) is 10.9 Å². The molecule has 0 radical (unpaired) electrons. The number of para-hydroxylation sites is 1. The third-order valence-corrected chi connectivity index (χ3v) is 5.73. The summed E-state index contributed by atoms with van der Waals surface area (Å²) in [5.74, 6) is 1.62. The minimum Gasteiger partial charge on any atom is -0.479 e. The quantitative estimate of drug-likeness (QED) is 0.922. The van der Waals surface area contributed by atoms with Gasteiger partial charge in [0.25, 0.3) is 5.91 Å². The van der Waals surface area contributed by atoms with Crippen molar-refractivity contribution < 1.29 is 9.53 Å². The summed E-state index contributed by atoms with van der Waals surface area (Å²) in [7, 11) is 0. The first kappa shape index (κ1) is 15.6. The highest BCUT2D eigenvalue weighted by Crippen LogP contribution is 2.36. The van der Waals surface area contributed by atoms with E-state index < -0.39 is 6.10 Å². The van der Waals surface area contributed by atoms with Crippen LogP contribution in [0.4, 0.5) is 0 Å². The van der Waals surface area contributed by atoms with Crippen LogP contribution in [0, 0.1) is 5.92 Å². The van der Waals surface area contributed by atoms with Gasteiger partial charge in [-0.15, -0.1) is 0 Å². The number of hydrogen-bond acceptors (Lipinski definition) is 2. The van der Waals surface area contributed by atoms with Crippen LogP contribution in [0.2, 0.25) is 0 Å². The molecule has 1 aliphatic heterocycles. The molecule has 128 valence electrons. The number of carbonyl (C=O) groups is 1. The van der Waals surface area contributed by atoms with Gasteiger partial charge in [0.05, 0.1) is 0 Å². The summed E-state index contributed by atoms with van der Waals surface area (Å²) in [6.07, 6.45) is 8.85. The summed E-state index contributed by atoms with van der Waals surface area (Å²) in [6.45, 7) is 2.78. The lowest BCUT2D eigenvalue weighted by Gasteiger charge is -2.44. The predicted molar refractivity (Wildman–Crippen MR) is 95.1 cm³/mol. The van der Waals surface area contributed by atoms with E-state index >= 15 is 0 Å². The van der Waals surface area contributed by atoms with Gasteiger partial charge in [-0.05, 0) is 50.7 Å². The number of carbonyl (C=O) groups excluding carboxylic acids is 1. The molecule has 1 amide bonds. The van der Waals surface area contributed by atoms with Gasteiger partial charge in [-0.1, -0.05) is 25.0 Å². The van der Waals surface area contributed by atoms with Gasteiger partial charge in [0.1, 0.15) is 5.75 Å². The molecule has 3 atom stereocenters. The number of likely N-dealkylation sites (tertiary alicyclic amines) is 1. The average Bonchev–Trinajstić information content (AvgIpc) is 3.03. The monoisotopic (exact) mass is 326 g/mol. The number of rotatable bonds is 3. The van der Waals surface area contributed by atoms with E-state index in [9.17, 15) is 4.79 Å². The van der Waals surface area contributed by atoms with E-state index in [4.69, 9.17) is 4.74 Å². The normalized spacial score (nSPS) is 25.3. The Bertz CT molecular complexity index is 721. The Morgan fingerprint density at radius 2 is 2.00 bits per heavy atom. The lowest BCUT2D eigenvalue weighted by Crippen LogP contribution is -2.53. The van der Waals surface area contributed by atoms with E-state index in [0.29, 0.717) is 12.0 Å². The molecule has 3 unspecified atom stereocenters. The highest BCUT2D eigenvalue weighted by molar-refractivity contribution is 5.87. The van der Waals surface area contributed by atoms with Crippen molar-refractivity contribution in [2.24, 2.45) is 5.92 Å². The van der Waals surface area contributed by atoms with Crippen molar-refractivity contribution in [2.75, 3.05) is 6.54 Å². The van der Waals surface area contributed by atoms with Crippen LogP contribution in [0.1, 0.15) is 45.4 Å². The molecule has 1 aliphatic carbocycles. The number of aromatic nitrogens is 1. The third-order valence-electron chi connectivity index (χ3n) is 5.73. The fraction of sp³-hybridized carbons (Fsp3) is 0.550. The molecule has 1 aromatic heterocycles. The van der Waals surface area contributed by atoms with E-state index in [2.05, 4.69) is 9.88 Å². The van der Waals surface area contributed by atoms with Gasteiger partial charge in [-0.3, -0.25) is 4.79 Å². The maximum absolute atomic E-state index is 13.0. The standard InChI is InChI=1S/C20H26N2O2/c1-14(24-19-13-21-17-10-4-3-9-16(17)19)20(23)22-12-6-8-15-7-2-5-11-18(15)22/h3-4,9-10,13-15,18,21H,2,5-8,11-12H2,1H3. The number of nitrogens with zero attached hydrogens (tertiary/aromatic N) is 1. The van der Waals surface area contributed by atoms with Gasteiger partial charge in [-0.25, -0.2) is 0 Å². The minimum atomic E-state index is -0.440. The molecule has 4 nitrogen and oxygen atoms in total. The van der Waals surface area contributed by atoms with Crippen LogP contribution >= 0.6 is 0 Å². The van der Waals surface area contributed by atoms with Gasteiger partial charge in [0.2, 0.25) is 0 Å². The molecule has 1 saturated carbocycles. The molecule has 1 N–H and O–H groups in total. The van der Waals surface area contributed by atoms with Crippen molar-refractivity contribution in [3.63, 3.8) is 0 Å². The molecule has 2 fully saturated rings. The summed E-state index contributed by atoms with van der Waals surface area (Å²) in [6, 6.07) is 8.47. The van der Waals surface area contributed by atoms with Crippen LogP contribution < -0.4 is 4.74 Å². The van der Waals surface area contributed by atoms with Gasteiger partial charge < -0.3 is 14.6 Å². The van der Waals surface area contributed by atoms with Gasteiger partial charge in [-0.2, -0.15) is 0 Å². The molecule has 1 saturated heterocycles. The van der Waals surface area contributed by atoms with Crippen molar-refractivity contribution in [1.82, 2.24) is 9.88 Å². The number of aromatic amines is 1. The number of fused-ring (bicyclic) bond motifs is 2. The largest absolute Gasteiger partial charge is 0.479 e. The lowest BCUT2D eigenvalue weighted by atomic mass is 9.78. The molecular weight excluding hydrogens is 300 g/mol. The molecule has 0 bridgehead atoms. The van der Waals surface area contributed by atoms with Crippen molar-refractivity contribution >= 4 is 16.8 Å². The predicted octanol–water partition coefficient (Wildman–Crippen LogP) is 4.12. The lowest BCUT2D eigenvalue weighted by molar-refractivity contribution is -0.144. The second-order valence-corrected chi connectivity index (χ2v) is 7.24. The van der Waals surface area contributed by atoms with Crippen molar-refractivity contribution in [1.29, 1.82) is 0 Å². The smallest absolute Gasteiger partial charge is 0.263 e. The highest BCUT2D eigenvalue weighted by Gasteiger charge is 2.37. The van der Waals surface area contributed by atoms with E-state index in [0.717, 1.165) is 36.0 Å². The van der Waals surface area contributed by atoms with Crippen LogP contribution in [-0.4, -0.2) is 34.5 Å². The number of nitrogens with one attached hydrogen (secondary N) is 1. The molecule has 2 heterocycles. The van der Waals surface area contributed by atoms with E-state index in [1.54, 1.807) is 0 Å². The Kier molecular flexibility index (Phi) is 4.21. The average molecular weight is 326 g/mol. The zero-order chi connectivity index (χ0) is 16.5. The molecule has 24 heavy (non-hydrogen) atoms. The fourth-order valence-corrected chi connectivity index (χ4v) is 4.52. The molecule has 2 aliphatic rings. The first-order valence-corrected chi connectivity index (χ1v) is 9.27. The first-order chi connectivity index (χ1) is 11.7. The number of amides is 1. The van der Waals surface area contributed by atoms with E-state index in [1.165, 1.54) is 25.7 Å². The molecule has 4 heteroatoms. The van der Waals surface area contributed by atoms with E-state index in [-0.39, 0.29) is 5.91 Å². The molecule has 4 rings (SSSR count). The summed E-state index contributed by atoms with van der Waals surface area (Å²) >= 11 is 0. The van der Waals surface area contributed by atoms with Crippen LogP contribution in [-0.2, 0) is 4.79 Å². The Morgan fingerprint density at radius 3 is 2.92 bits per heavy atom. The second kappa shape index (κ2) is 6.50. The van der Waals surface area contributed by atoms with Crippen molar-refractivity contribution in [3.05, 3.63) is 30.5 Å². The Labute approximate surface area is 143 Å². The van der Waals surface area contributed by atoms with Crippen molar-refractivity contribution in [2.45, 2.75) is 57.6 Å². The first-order valence-electron chi connectivity index (χ1n) is 9.27. The second-order valence-electron chi connectivity index (χ2n) is 7.24. The number of benzene rings is 1. The summed E-state index contributed by atoms with van der Waals surface area (Å²) in [5.41, 5.74) is 1.04. The third kappa shape index (κ3) is 2.79. The summed E-state index contributed by atoms with van der Waals surface area (Å²) in [5, 5.41) is 1.03. The number of piperidine rings is 1. The molecule has 1 aromatic carbocycles. The Morgan fingerprint density at radius 1 is 1.21 bits per heavy atom. The van der Waals surface area contributed by atoms with Crippen LogP contribution in [0.15, 0.2) is 30.5 Å². The van der Waals surface area contributed by atoms with Crippen LogP contribution in [0.5, 0.6) is 5.75 Å². The van der Waals surface area contributed by atoms with Gasteiger partial charge in [0.15, 0.2) is 6.10 Å². The zero-order valence-electron chi connectivity index (χ0n) is 14.3. The van der Waals surface area contributed by atoms with Gasteiger partial charge >= 0.3 is 0 Å². The maximum Gasteiger partial charge on any atom is 0.263 e. The summed E-state index contributed by atoms with van der Waals surface area (Å²) in [4.78, 5) is 18.3. The maximum atomic E-state index is 13.0. The summed E-state index contributed by atoms with van der Waals surface area (Å²) < 4.78 is 6.04.